The minimum Gasteiger partial charge on any atom is -0.453 e. The van der Waals surface area contributed by atoms with Gasteiger partial charge in [0.15, 0.2) is 5.69 Å². The highest BCUT2D eigenvalue weighted by Gasteiger charge is 2.33. The largest absolute Gasteiger partial charge is 0.453 e. The summed E-state index contributed by atoms with van der Waals surface area (Å²) in [6, 6.07) is 15.8. The van der Waals surface area contributed by atoms with E-state index in [-0.39, 0.29) is 13.0 Å². The number of ether oxygens (including phenoxy) is 1. The van der Waals surface area contributed by atoms with E-state index in [1.165, 1.54) is 13.3 Å². The maximum atomic E-state index is 12.7. The van der Waals surface area contributed by atoms with Crippen LogP contribution < -0.4 is 10.6 Å². The second-order valence-electron chi connectivity index (χ2n) is 6.91. The number of nitrogens with one attached hydrogen (secondary N) is 2. The van der Waals surface area contributed by atoms with Crippen molar-refractivity contribution in [1.82, 2.24) is 20.4 Å². The van der Waals surface area contributed by atoms with Gasteiger partial charge in [-0.05, 0) is 29.3 Å². The first-order valence-corrected chi connectivity index (χ1v) is 9.64. The van der Waals surface area contributed by atoms with Gasteiger partial charge in [0.25, 0.3) is 0 Å². The zero-order valence-electron chi connectivity index (χ0n) is 17.1. The molecule has 0 saturated heterocycles. The number of alkyl carbamates (subject to hydrolysis) is 1. The zero-order valence-corrected chi connectivity index (χ0v) is 17.1. The fraction of sp³-hybridized carbons (Fsp3) is 0.227. The first-order valence-electron chi connectivity index (χ1n) is 9.64. The van der Waals surface area contributed by atoms with E-state index in [1.807, 2.05) is 30.3 Å². The van der Waals surface area contributed by atoms with E-state index >= 15 is 0 Å². The molecule has 0 spiro atoms. The van der Waals surface area contributed by atoms with Gasteiger partial charge in [-0.1, -0.05) is 42.5 Å². The lowest BCUT2D eigenvalue weighted by molar-refractivity contribution is -0.141. The predicted octanol–water partition coefficient (Wildman–Crippen LogP) is 3.47. The lowest BCUT2D eigenvalue weighted by Crippen LogP contribution is -2.47. The normalized spacial score (nSPS) is 12.1. The molecule has 0 radical (unpaired) electrons. The highest BCUT2D eigenvalue weighted by Crippen LogP contribution is 2.27. The molecule has 3 rings (SSSR count). The number of benzene rings is 2. The van der Waals surface area contributed by atoms with E-state index in [4.69, 9.17) is 0 Å². The van der Waals surface area contributed by atoms with Gasteiger partial charge in [-0.15, -0.1) is 0 Å². The quantitative estimate of drug-likeness (QED) is 0.582. The molecule has 0 saturated carbocycles. The summed E-state index contributed by atoms with van der Waals surface area (Å²) in [5.41, 5.74) is 1.06. The van der Waals surface area contributed by atoms with Gasteiger partial charge in [-0.3, -0.25) is 4.79 Å². The zero-order chi connectivity index (χ0) is 23.1. The number of nitrogens with zero attached hydrogens (tertiary/aromatic N) is 2. The van der Waals surface area contributed by atoms with Crippen LogP contribution in [-0.4, -0.2) is 34.9 Å². The SMILES string of the molecule is COC(=O)NC(Cc1ccccc1)C(=O)NCc1ccc(-n2ccc(C(F)(F)F)n2)cc1. The van der Waals surface area contributed by atoms with Crippen LogP contribution in [0.15, 0.2) is 66.9 Å². The van der Waals surface area contributed by atoms with Crippen LogP contribution in [0, 0.1) is 0 Å². The summed E-state index contributed by atoms with van der Waals surface area (Å²) in [5.74, 6) is -0.398. The molecule has 2 N–H and O–H groups in total. The minimum absolute atomic E-state index is 0.167. The Labute approximate surface area is 182 Å². The molecule has 0 aliphatic carbocycles. The Balaban J connectivity index is 1.62. The van der Waals surface area contributed by atoms with Gasteiger partial charge in [-0.2, -0.15) is 18.3 Å². The molecule has 2 aromatic carbocycles. The van der Waals surface area contributed by atoms with Crippen molar-refractivity contribution in [3.63, 3.8) is 0 Å². The van der Waals surface area contributed by atoms with E-state index < -0.39 is 29.9 Å². The van der Waals surface area contributed by atoms with E-state index in [1.54, 1.807) is 24.3 Å². The van der Waals surface area contributed by atoms with E-state index in [2.05, 4.69) is 20.5 Å². The number of methoxy groups -OCH3 is 1. The van der Waals surface area contributed by atoms with E-state index in [0.29, 0.717) is 5.69 Å². The number of hydrogen-bond acceptors (Lipinski definition) is 4. The summed E-state index contributed by atoms with van der Waals surface area (Å²) in [7, 11) is 1.21. The van der Waals surface area contributed by atoms with Gasteiger partial charge < -0.3 is 15.4 Å². The average molecular weight is 446 g/mol. The fourth-order valence-electron chi connectivity index (χ4n) is 2.96. The molecular weight excluding hydrogens is 425 g/mol. The molecule has 7 nitrogen and oxygen atoms in total. The molecule has 2 amide bonds. The standard InChI is InChI=1S/C22H21F3N4O3/c1-32-21(31)27-18(13-15-5-3-2-4-6-15)20(30)26-14-16-7-9-17(10-8-16)29-12-11-19(28-29)22(23,24)25/h2-12,18H,13-14H2,1H3,(H,26,30)(H,27,31). The lowest BCUT2D eigenvalue weighted by Gasteiger charge is -2.18. The molecule has 0 bridgehead atoms. The smallest absolute Gasteiger partial charge is 0.435 e. The number of hydrogen-bond donors (Lipinski definition) is 2. The summed E-state index contributed by atoms with van der Waals surface area (Å²) in [6.45, 7) is 0.167. The first kappa shape index (κ1) is 22.9. The molecule has 3 aromatic rings. The maximum Gasteiger partial charge on any atom is 0.435 e. The Bertz CT molecular complexity index is 1050. The fourth-order valence-corrected chi connectivity index (χ4v) is 2.96. The topological polar surface area (TPSA) is 85.2 Å². The highest BCUT2D eigenvalue weighted by atomic mass is 19.4. The van der Waals surface area contributed by atoms with Crippen LogP contribution in [0.25, 0.3) is 5.69 Å². The van der Waals surface area contributed by atoms with Crippen molar-refractivity contribution in [3.05, 3.63) is 83.7 Å². The number of rotatable bonds is 7. The van der Waals surface area contributed by atoms with Gasteiger partial charge in [0.1, 0.15) is 6.04 Å². The van der Waals surface area contributed by atoms with Gasteiger partial charge in [-0.25, -0.2) is 9.48 Å². The highest BCUT2D eigenvalue weighted by molar-refractivity contribution is 5.85. The number of aromatic nitrogens is 2. The van der Waals surface area contributed by atoms with Crippen molar-refractivity contribution in [2.24, 2.45) is 0 Å². The van der Waals surface area contributed by atoms with Crippen LogP contribution in [0.4, 0.5) is 18.0 Å². The monoisotopic (exact) mass is 446 g/mol. The molecule has 1 heterocycles. The van der Waals surface area contributed by atoms with Crippen molar-refractivity contribution < 1.29 is 27.5 Å². The van der Waals surface area contributed by atoms with Crippen LogP contribution in [-0.2, 0) is 28.7 Å². The maximum absolute atomic E-state index is 12.7. The van der Waals surface area contributed by atoms with E-state index in [9.17, 15) is 22.8 Å². The second kappa shape index (κ2) is 9.99. The molecule has 0 aliphatic heterocycles. The number of amides is 2. The molecule has 0 aliphatic rings. The van der Waals surface area contributed by atoms with Crippen LogP contribution in [0.5, 0.6) is 0 Å². The number of carbonyl (C=O) groups excluding carboxylic acids is 2. The summed E-state index contributed by atoms with van der Waals surface area (Å²) in [6.07, 6.45) is -3.72. The third-order valence-corrected chi connectivity index (χ3v) is 4.62. The average Bonchev–Trinajstić information content (AvgIpc) is 3.29. The number of carbonyl (C=O) groups is 2. The van der Waals surface area contributed by atoms with Crippen molar-refractivity contribution >= 4 is 12.0 Å². The van der Waals surface area contributed by atoms with Gasteiger partial charge >= 0.3 is 12.3 Å². The van der Waals surface area contributed by atoms with Crippen molar-refractivity contribution in [2.75, 3.05) is 7.11 Å². The molecule has 1 aromatic heterocycles. The Morgan fingerprint density at radius 2 is 1.72 bits per heavy atom. The first-order chi connectivity index (χ1) is 15.3. The van der Waals surface area contributed by atoms with E-state index in [0.717, 1.165) is 21.9 Å². The Kier molecular flexibility index (Phi) is 7.14. The molecular formula is C22H21F3N4O3. The minimum atomic E-state index is -4.51. The van der Waals surface area contributed by atoms with Crippen LogP contribution in [0.2, 0.25) is 0 Å². The Morgan fingerprint density at radius 3 is 2.31 bits per heavy atom. The molecule has 1 unspecified atom stereocenters. The summed E-state index contributed by atoms with van der Waals surface area (Å²) >= 11 is 0. The van der Waals surface area contributed by atoms with Crippen molar-refractivity contribution in [2.45, 2.75) is 25.2 Å². The molecule has 168 valence electrons. The predicted molar refractivity (Wildman–Crippen MR) is 110 cm³/mol. The summed E-state index contributed by atoms with van der Waals surface area (Å²) in [5, 5.41) is 8.80. The molecule has 0 fully saturated rings. The number of halogens is 3. The van der Waals surface area contributed by atoms with Gasteiger partial charge in [0.2, 0.25) is 5.91 Å². The van der Waals surface area contributed by atoms with Crippen molar-refractivity contribution in [3.8, 4) is 5.69 Å². The second-order valence-corrected chi connectivity index (χ2v) is 6.91. The lowest BCUT2D eigenvalue weighted by atomic mass is 10.1. The van der Waals surface area contributed by atoms with Gasteiger partial charge in [0.05, 0.1) is 12.8 Å². The third kappa shape index (κ3) is 6.10. The summed E-state index contributed by atoms with van der Waals surface area (Å²) < 4.78 is 43.9. The Hall–Kier alpha value is -3.82. The third-order valence-electron chi connectivity index (χ3n) is 4.62. The molecule has 1 atom stereocenters. The van der Waals surface area contributed by atoms with Gasteiger partial charge in [0, 0.05) is 19.2 Å². The molecule has 10 heteroatoms. The Morgan fingerprint density at radius 1 is 1.03 bits per heavy atom. The van der Waals surface area contributed by atoms with Crippen LogP contribution in [0.1, 0.15) is 16.8 Å². The van der Waals surface area contributed by atoms with Crippen molar-refractivity contribution in [1.29, 1.82) is 0 Å². The molecule has 32 heavy (non-hydrogen) atoms. The number of alkyl halides is 3. The van der Waals surface area contributed by atoms with Crippen LogP contribution >= 0.6 is 0 Å². The van der Waals surface area contributed by atoms with Crippen LogP contribution in [0.3, 0.4) is 0 Å². The summed E-state index contributed by atoms with van der Waals surface area (Å²) in [4.78, 5) is 24.3.